The smallest absolute Gasteiger partial charge is 0.250 e. The van der Waals surface area contributed by atoms with Gasteiger partial charge in [-0.1, -0.05) is 6.92 Å². The molecule has 0 spiro atoms. The predicted octanol–water partition coefficient (Wildman–Crippen LogP) is 2.77. The number of hydrogen-bond donors (Lipinski definition) is 1. The Labute approximate surface area is 101 Å². The molecule has 16 heavy (non-hydrogen) atoms. The summed E-state index contributed by atoms with van der Waals surface area (Å²) in [7, 11) is 1.50. The van der Waals surface area contributed by atoms with Gasteiger partial charge in [-0.25, -0.2) is 0 Å². The second-order valence-electron chi connectivity index (χ2n) is 3.35. The molecule has 0 aliphatic heterocycles. The van der Waals surface area contributed by atoms with Gasteiger partial charge in [0.15, 0.2) is 0 Å². The highest BCUT2D eigenvalue weighted by Gasteiger charge is 2.00. The summed E-state index contributed by atoms with van der Waals surface area (Å²) in [4.78, 5) is 12.5. The average Bonchev–Trinajstić information content (AvgIpc) is 2.28. The second kappa shape index (κ2) is 7.30. The molecular weight excluding hydrogens is 222 g/mol. The van der Waals surface area contributed by atoms with Crippen molar-refractivity contribution >= 4 is 23.4 Å². The van der Waals surface area contributed by atoms with E-state index in [-0.39, 0.29) is 12.5 Å². The fraction of sp³-hybridized carbons (Fsp3) is 0.417. The Hall–Kier alpha value is -1.00. The van der Waals surface area contributed by atoms with Crippen molar-refractivity contribution in [2.45, 2.75) is 18.2 Å². The molecular formula is C12H17NO2S. The number of hydrogen-bond acceptors (Lipinski definition) is 3. The van der Waals surface area contributed by atoms with E-state index in [1.54, 1.807) is 0 Å². The van der Waals surface area contributed by atoms with E-state index in [0.717, 1.165) is 17.9 Å². The van der Waals surface area contributed by atoms with Crippen LogP contribution in [0.5, 0.6) is 0 Å². The first kappa shape index (κ1) is 13.1. The third-order valence-electron chi connectivity index (χ3n) is 1.89. The molecule has 3 nitrogen and oxygen atoms in total. The Bertz CT molecular complexity index is 324. The number of carbonyl (C=O) groups excluding carboxylic acids is 1. The van der Waals surface area contributed by atoms with E-state index in [0.29, 0.717) is 0 Å². The molecule has 0 atom stereocenters. The van der Waals surface area contributed by atoms with Gasteiger partial charge in [-0.05, 0) is 36.4 Å². The first-order valence-electron chi connectivity index (χ1n) is 5.28. The zero-order chi connectivity index (χ0) is 11.8. The number of methoxy groups -OCH3 is 1. The zero-order valence-corrected chi connectivity index (χ0v) is 10.5. The molecule has 0 unspecified atom stereocenters. The van der Waals surface area contributed by atoms with Crippen LogP contribution in [0.4, 0.5) is 5.69 Å². The maximum absolute atomic E-state index is 11.2. The van der Waals surface area contributed by atoms with Crippen molar-refractivity contribution in [2.24, 2.45) is 0 Å². The Morgan fingerprint density at radius 2 is 2.06 bits per heavy atom. The predicted molar refractivity (Wildman–Crippen MR) is 68.0 cm³/mol. The Morgan fingerprint density at radius 3 is 2.62 bits per heavy atom. The maximum Gasteiger partial charge on any atom is 0.250 e. The number of amides is 1. The van der Waals surface area contributed by atoms with Crippen LogP contribution in [0.3, 0.4) is 0 Å². The van der Waals surface area contributed by atoms with Crippen molar-refractivity contribution in [1.29, 1.82) is 0 Å². The van der Waals surface area contributed by atoms with E-state index in [1.165, 1.54) is 12.0 Å². The Morgan fingerprint density at radius 1 is 1.38 bits per heavy atom. The molecule has 0 saturated heterocycles. The summed E-state index contributed by atoms with van der Waals surface area (Å²) >= 11 is 1.82. The molecule has 1 N–H and O–H groups in total. The van der Waals surface area contributed by atoms with Crippen molar-refractivity contribution in [3.05, 3.63) is 24.3 Å². The molecule has 0 aliphatic rings. The first-order valence-corrected chi connectivity index (χ1v) is 6.26. The van der Waals surface area contributed by atoms with Crippen molar-refractivity contribution in [3.63, 3.8) is 0 Å². The number of anilines is 1. The Balaban J connectivity index is 2.47. The normalized spacial score (nSPS) is 10.1. The lowest BCUT2D eigenvalue weighted by atomic mass is 10.3. The van der Waals surface area contributed by atoms with Gasteiger partial charge in [0.05, 0.1) is 0 Å². The first-order chi connectivity index (χ1) is 7.76. The van der Waals surface area contributed by atoms with Crippen LogP contribution in [0.25, 0.3) is 0 Å². The van der Waals surface area contributed by atoms with Crippen molar-refractivity contribution in [1.82, 2.24) is 0 Å². The summed E-state index contributed by atoms with van der Waals surface area (Å²) in [5.41, 5.74) is 0.808. The molecule has 1 rings (SSSR count). The second-order valence-corrected chi connectivity index (χ2v) is 4.52. The molecule has 1 aromatic carbocycles. The molecule has 0 saturated carbocycles. The molecule has 0 bridgehead atoms. The molecule has 4 heteroatoms. The SMILES string of the molecule is CCCSc1ccc(NC(=O)COC)cc1. The average molecular weight is 239 g/mol. The summed E-state index contributed by atoms with van der Waals surface area (Å²) in [5.74, 6) is 0.992. The van der Waals surface area contributed by atoms with E-state index >= 15 is 0 Å². The van der Waals surface area contributed by atoms with Gasteiger partial charge in [0.2, 0.25) is 5.91 Å². The van der Waals surface area contributed by atoms with Gasteiger partial charge in [-0.3, -0.25) is 4.79 Å². The van der Waals surface area contributed by atoms with Crippen molar-refractivity contribution < 1.29 is 9.53 Å². The fourth-order valence-corrected chi connectivity index (χ4v) is 1.95. The highest BCUT2D eigenvalue weighted by molar-refractivity contribution is 7.99. The summed E-state index contributed by atoms with van der Waals surface area (Å²) in [6.45, 7) is 2.25. The van der Waals surface area contributed by atoms with Crippen LogP contribution in [0.1, 0.15) is 13.3 Å². The third kappa shape index (κ3) is 4.68. The van der Waals surface area contributed by atoms with Crippen LogP contribution in [0.15, 0.2) is 29.2 Å². The van der Waals surface area contributed by atoms with Gasteiger partial charge in [0.1, 0.15) is 6.61 Å². The van der Waals surface area contributed by atoms with Crippen LogP contribution in [-0.4, -0.2) is 25.4 Å². The molecule has 0 fully saturated rings. The van der Waals surface area contributed by atoms with E-state index in [4.69, 9.17) is 4.74 Å². The third-order valence-corrected chi connectivity index (χ3v) is 3.10. The minimum Gasteiger partial charge on any atom is -0.375 e. The quantitative estimate of drug-likeness (QED) is 0.776. The number of nitrogens with one attached hydrogen (secondary N) is 1. The Kier molecular flexibility index (Phi) is 5.96. The molecule has 1 amide bonds. The zero-order valence-electron chi connectivity index (χ0n) is 9.66. The van der Waals surface area contributed by atoms with Gasteiger partial charge in [-0.2, -0.15) is 0 Å². The van der Waals surface area contributed by atoms with E-state index in [1.807, 2.05) is 36.0 Å². The lowest BCUT2D eigenvalue weighted by Crippen LogP contribution is -2.16. The number of rotatable bonds is 6. The highest BCUT2D eigenvalue weighted by atomic mass is 32.2. The number of thioether (sulfide) groups is 1. The van der Waals surface area contributed by atoms with Crippen LogP contribution >= 0.6 is 11.8 Å². The lowest BCUT2D eigenvalue weighted by molar-refractivity contribution is -0.119. The summed E-state index contributed by atoms with van der Waals surface area (Å²) in [6.07, 6.45) is 1.16. The number of ether oxygens (including phenoxy) is 1. The van der Waals surface area contributed by atoms with Crippen LogP contribution in [0, 0.1) is 0 Å². The van der Waals surface area contributed by atoms with Crippen LogP contribution in [-0.2, 0) is 9.53 Å². The van der Waals surface area contributed by atoms with Gasteiger partial charge in [0.25, 0.3) is 0 Å². The minimum atomic E-state index is -0.128. The van der Waals surface area contributed by atoms with Gasteiger partial charge in [-0.15, -0.1) is 11.8 Å². The number of benzene rings is 1. The van der Waals surface area contributed by atoms with Crippen LogP contribution < -0.4 is 5.32 Å². The van der Waals surface area contributed by atoms with Crippen LogP contribution in [0.2, 0.25) is 0 Å². The molecule has 0 aromatic heterocycles. The molecule has 0 aliphatic carbocycles. The van der Waals surface area contributed by atoms with Crippen molar-refractivity contribution in [2.75, 3.05) is 24.8 Å². The standard InChI is InChI=1S/C12H17NO2S/c1-3-8-16-11-6-4-10(5-7-11)13-12(14)9-15-2/h4-7H,3,8-9H2,1-2H3,(H,13,14). The molecule has 0 heterocycles. The van der Waals surface area contributed by atoms with Gasteiger partial charge in [0, 0.05) is 17.7 Å². The molecule has 1 aromatic rings. The largest absolute Gasteiger partial charge is 0.375 e. The van der Waals surface area contributed by atoms with Gasteiger partial charge >= 0.3 is 0 Å². The highest BCUT2D eigenvalue weighted by Crippen LogP contribution is 2.20. The van der Waals surface area contributed by atoms with Crippen molar-refractivity contribution in [3.8, 4) is 0 Å². The van der Waals surface area contributed by atoms with E-state index in [9.17, 15) is 4.79 Å². The lowest BCUT2D eigenvalue weighted by Gasteiger charge is -2.05. The summed E-state index contributed by atoms with van der Waals surface area (Å²) in [6, 6.07) is 7.85. The molecule has 0 radical (unpaired) electrons. The summed E-state index contributed by atoms with van der Waals surface area (Å²) < 4.78 is 4.74. The maximum atomic E-state index is 11.2. The van der Waals surface area contributed by atoms with E-state index in [2.05, 4.69) is 12.2 Å². The monoisotopic (exact) mass is 239 g/mol. The topological polar surface area (TPSA) is 38.3 Å². The molecule has 88 valence electrons. The minimum absolute atomic E-state index is 0.0896. The van der Waals surface area contributed by atoms with E-state index < -0.39 is 0 Å². The summed E-state index contributed by atoms with van der Waals surface area (Å²) in [5, 5.41) is 2.75. The van der Waals surface area contributed by atoms with Gasteiger partial charge < -0.3 is 10.1 Å². The fourth-order valence-electron chi connectivity index (χ4n) is 1.18. The number of carbonyl (C=O) groups is 1.